The summed E-state index contributed by atoms with van der Waals surface area (Å²) in [6.07, 6.45) is -0.266. The zero-order valence-corrected chi connectivity index (χ0v) is 18.2. The van der Waals surface area contributed by atoms with Gasteiger partial charge in [-0.15, -0.1) is 0 Å². The van der Waals surface area contributed by atoms with Crippen molar-refractivity contribution in [1.82, 2.24) is 9.88 Å². The molecule has 0 bridgehead atoms. The maximum Gasteiger partial charge on any atom is 0.416 e. The van der Waals surface area contributed by atoms with E-state index in [9.17, 15) is 13.2 Å². The second-order valence-corrected chi connectivity index (χ2v) is 8.88. The molecule has 2 aliphatic heterocycles. The number of hydrogen-bond donors (Lipinski definition) is 0. The summed E-state index contributed by atoms with van der Waals surface area (Å²) >= 11 is 6.02. The minimum atomic E-state index is -4.35. The van der Waals surface area contributed by atoms with Gasteiger partial charge in [-0.3, -0.25) is 4.90 Å². The van der Waals surface area contributed by atoms with Crippen molar-refractivity contribution in [3.05, 3.63) is 58.7 Å². The molecule has 0 saturated carbocycles. The Morgan fingerprint density at radius 1 is 1.13 bits per heavy atom. The average Bonchev–Trinajstić information content (AvgIpc) is 2.76. The third-order valence-corrected chi connectivity index (χ3v) is 6.48. The lowest BCUT2D eigenvalue weighted by Crippen LogP contribution is -2.56. The highest BCUT2D eigenvalue weighted by Gasteiger charge is 2.35. The monoisotopic (exact) mass is 453 g/mol. The molecule has 31 heavy (non-hydrogen) atoms. The molecule has 1 aromatic carbocycles. The van der Waals surface area contributed by atoms with Crippen LogP contribution in [0.25, 0.3) is 0 Å². The van der Waals surface area contributed by atoms with Gasteiger partial charge in [0.15, 0.2) is 0 Å². The normalized spacial score (nSPS) is 23.8. The van der Waals surface area contributed by atoms with Crippen LogP contribution in [0.1, 0.15) is 30.9 Å². The molecule has 4 rings (SSSR count). The molecule has 2 fully saturated rings. The first-order valence-electron chi connectivity index (χ1n) is 10.7. The van der Waals surface area contributed by atoms with Crippen molar-refractivity contribution in [3.8, 4) is 0 Å². The summed E-state index contributed by atoms with van der Waals surface area (Å²) in [4.78, 5) is 8.69. The van der Waals surface area contributed by atoms with Crippen molar-refractivity contribution in [2.75, 3.05) is 31.1 Å². The van der Waals surface area contributed by atoms with Gasteiger partial charge in [0, 0.05) is 42.9 Å². The number of ether oxygens (including phenoxy) is 1. The quantitative estimate of drug-likeness (QED) is 0.647. The first-order chi connectivity index (χ1) is 14.8. The van der Waals surface area contributed by atoms with Crippen LogP contribution in [0.2, 0.25) is 5.02 Å². The number of anilines is 1. The number of halogens is 4. The van der Waals surface area contributed by atoms with Gasteiger partial charge in [-0.25, -0.2) is 4.98 Å². The number of hydrogen-bond acceptors (Lipinski definition) is 4. The van der Waals surface area contributed by atoms with Gasteiger partial charge in [0.25, 0.3) is 0 Å². The van der Waals surface area contributed by atoms with Crippen LogP contribution in [0.3, 0.4) is 0 Å². The van der Waals surface area contributed by atoms with E-state index < -0.39 is 11.7 Å². The van der Waals surface area contributed by atoms with Crippen molar-refractivity contribution < 1.29 is 17.9 Å². The van der Waals surface area contributed by atoms with Gasteiger partial charge in [0.2, 0.25) is 0 Å². The van der Waals surface area contributed by atoms with Gasteiger partial charge >= 0.3 is 6.18 Å². The lowest BCUT2D eigenvalue weighted by molar-refractivity contribution is -0.137. The molecular weight excluding hydrogens is 427 g/mol. The molecule has 8 heteroatoms. The molecule has 0 N–H and O–H groups in total. The number of pyridine rings is 1. The van der Waals surface area contributed by atoms with Gasteiger partial charge in [-0.2, -0.15) is 13.2 Å². The van der Waals surface area contributed by atoms with E-state index in [1.165, 1.54) is 11.8 Å². The Kier molecular flexibility index (Phi) is 6.74. The van der Waals surface area contributed by atoms with Crippen LogP contribution in [0, 0.1) is 0 Å². The maximum absolute atomic E-state index is 13.0. The van der Waals surface area contributed by atoms with Crippen molar-refractivity contribution in [2.24, 2.45) is 0 Å². The zero-order chi connectivity index (χ0) is 22.0. The molecule has 4 nitrogen and oxygen atoms in total. The summed E-state index contributed by atoms with van der Waals surface area (Å²) in [5.74, 6) is 0.404. The van der Waals surface area contributed by atoms with E-state index >= 15 is 0 Å². The van der Waals surface area contributed by atoms with Gasteiger partial charge in [-0.1, -0.05) is 23.7 Å². The maximum atomic E-state index is 13.0. The third kappa shape index (κ3) is 5.51. The number of benzene rings is 1. The summed E-state index contributed by atoms with van der Waals surface area (Å²) in [5, 5.41) is 0.727. The van der Waals surface area contributed by atoms with E-state index in [-0.39, 0.29) is 12.1 Å². The SMILES string of the molecule is C[C@H]1CN(C2CCN(c3cc(C(F)(F)F)ccn3)CC2)[C@@H](Cc2ccc(Cl)cc2)CO1. The molecule has 0 radical (unpaired) electrons. The molecule has 0 spiro atoms. The van der Waals surface area contributed by atoms with E-state index in [2.05, 4.69) is 28.9 Å². The van der Waals surface area contributed by atoms with E-state index in [4.69, 9.17) is 16.3 Å². The van der Waals surface area contributed by atoms with Crippen molar-refractivity contribution >= 4 is 17.4 Å². The highest BCUT2D eigenvalue weighted by molar-refractivity contribution is 6.30. The highest BCUT2D eigenvalue weighted by Crippen LogP contribution is 2.32. The fourth-order valence-corrected chi connectivity index (χ4v) is 4.71. The van der Waals surface area contributed by atoms with Crippen LogP contribution in [0.4, 0.5) is 19.0 Å². The number of morpholine rings is 1. The molecule has 1 aromatic heterocycles. The van der Waals surface area contributed by atoms with Gasteiger partial charge in [0.05, 0.1) is 18.3 Å². The van der Waals surface area contributed by atoms with Crippen molar-refractivity contribution in [1.29, 1.82) is 0 Å². The van der Waals surface area contributed by atoms with Crippen LogP contribution in [0.15, 0.2) is 42.6 Å². The summed E-state index contributed by atoms with van der Waals surface area (Å²) in [7, 11) is 0. The summed E-state index contributed by atoms with van der Waals surface area (Å²) < 4.78 is 45.1. The summed E-state index contributed by atoms with van der Waals surface area (Å²) in [5.41, 5.74) is 0.577. The van der Waals surface area contributed by atoms with Crippen molar-refractivity contribution in [2.45, 2.75) is 50.6 Å². The highest BCUT2D eigenvalue weighted by atomic mass is 35.5. The predicted molar refractivity (Wildman–Crippen MR) is 116 cm³/mol. The third-order valence-electron chi connectivity index (χ3n) is 6.22. The molecule has 168 valence electrons. The molecule has 0 amide bonds. The van der Waals surface area contributed by atoms with Gasteiger partial charge < -0.3 is 9.64 Å². The fraction of sp³-hybridized carbons (Fsp3) is 0.522. The Labute approximate surface area is 186 Å². The van der Waals surface area contributed by atoms with Crippen LogP contribution in [0.5, 0.6) is 0 Å². The second kappa shape index (κ2) is 9.35. The topological polar surface area (TPSA) is 28.6 Å². The van der Waals surface area contributed by atoms with Crippen LogP contribution in [-0.2, 0) is 17.3 Å². The minimum Gasteiger partial charge on any atom is -0.376 e. The molecule has 0 unspecified atom stereocenters. The number of rotatable bonds is 4. The van der Waals surface area contributed by atoms with E-state index in [0.717, 1.165) is 43.0 Å². The lowest BCUT2D eigenvalue weighted by atomic mass is 9.96. The fourth-order valence-electron chi connectivity index (χ4n) is 4.58. The van der Waals surface area contributed by atoms with Crippen molar-refractivity contribution in [3.63, 3.8) is 0 Å². The summed E-state index contributed by atoms with van der Waals surface area (Å²) in [6.45, 7) is 5.02. The number of alkyl halides is 3. The Morgan fingerprint density at radius 2 is 1.84 bits per heavy atom. The Bertz CT molecular complexity index is 869. The molecule has 3 heterocycles. The first-order valence-corrected chi connectivity index (χ1v) is 11.1. The smallest absolute Gasteiger partial charge is 0.376 e. The van der Waals surface area contributed by atoms with E-state index in [1.807, 2.05) is 17.0 Å². The zero-order valence-electron chi connectivity index (χ0n) is 17.5. The van der Waals surface area contributed by atoms with Crippen LogP contribution >= 0.6 is 11.6 Å². The Morgan fingerprint density at radius 3 is 2.52 bits per heavy atom. The first kappa shape index (κ1) is 22.4. The van der Waals surface area contributed by atoms with Crippen LogP contribution in [-0.4, -0.2) is 54.3 Å². The molecule has 0 aliphatic carbocycles. The van der Waals surface area contributed by atoms with Crippen LogP contribution < -0.4 is 4.90 Å². The standard InChI is InChI=1S/C23H27ClF3N3O/c1-16-14-30(21(15-31-16)12-17-2-4-19(24)5-3-17)20-7-10-29(11-8-20)22-13-18(6-9-28-22)23(25,26)27/h2-6,9,13,16,20-21H,7-8,10-12,14-15H2,1H3/t16-,21-/m0/s1. The Hall–Kier alpha value is -1.83. The molecule has 2 saturated heterocycles. The Balaban J connectivity index is 1.41. The van der Waals surface area contributed by atoms with Gasteiger partial charge in [-0.05, 0) is 56.0 Å². The van der Waals surface area contributed by atoms with E-state index in [1.54, 1.807) is 0 Å². The van der Waals surface area contributed by atoms with Gasteiger partial charge in [0.1, 0.15) is 5.82 Å². The summed E-state index contributed by atoms with van der Waals surface area (Å²) in [6, 6.07) is 10.8. The molecule has 2 atom stereocenters. The molecule has 2 aromatic rings. The molecule has 2 aliphatic rings. The number of nitrogens with zero attached hydrogens (tertiary/aromatic N) is 3. The lowest BCUT2D eigenvalue weighted by Gasteiger charge is -2.46. The number of piperidine rings is 1. The second-order valence-electron chi connectivity index (χ2n) is 8.44. The predicted octanol–water partition coefficient (Wildman–Crippen LogP) is 5.05. The minimum absolute atomic E-state index is 0.171. The average molecular weight is 454 g/mol. The van der Waals surface area contributed by atoms with E-state index in [0.29, 0.717) is 31.6 Å². The number of aromatic nitrogens is 1. The molecular formula is C23H27ClF3N3O. The largest absolute Gasteiger partial charge is 0.416 e.